The minimum Gasteiger partial charge on any atom is -0.457 e. The van der Waals surface area contributed by atoms with E-state index in [0.717, 1.165) is 11.1 Å². The second kappa shape index (κ2) is 8.68. The van der Waals surface area contributed by atoms with Crippen LogP contribution in [0.2, 0.25) is 0 Å². The molecule has 0 saturated heterocycles. The van der Waals surface area contributed by atoms with Gasteiger partial charge >= 0.3 is 0 Å². The molecule has 0 radical (unpaired) electrons. The molecule has 3 aromatic rings. The Bertz CT molecular complexity index is 1020. The van der Waals surface area contributed by atoms with Gasteiger partial charge in [-0.15, -0.1) is 0 Å². The van der Waals surface area contributed by atoms with Gasteiger partial charge in [0, 0.05) is 36.7 Å². The average Bonchev–Trinajstić information content (AvgIpc) is 3.13. The van der Waals surface area contributed by atoms with Crippen LogP contribution in [0.3, 0.4) is 0 Å². The zero-order valence-corrected chi connectivity index (χ0v) is 16.9. The quantitative estimate of drug-likeness (QED) is 0.553. The molecule has 3 rings (SSSR count). The van der Waals surface area contributed by atoms with Crippen LogP contribution in [0, 0.1) is 6.92 Å². The number of aryl methyl sites for hydroxylation is 1. The average molecular weight is 393 g/mol. The highest BCUT2D eigenvalue weighted by Crippen LogP contribution is 2.29. The molecule has 2 aromatic carbocycles. The first-order valence-corrected chi connectivity index (χ1v) is 9.35. The lowest BCUT2D eigenvalue weighted by atomic mass is 10.1. The number of rotatable bonds is 7. The molecule has 0 spiro atoms. The number of ether oxygens (including phenoxy) is 1. The maximum absolute atomic E-state index is 11.8. The predicted molar refractivity (Wildman–Crippen MR) is 108 cm³/mol. The number of amides is 1. The van der Waals surface area contributed by atoms with Crippen molar-refractivity contribution < 1.29 is 18.8 Å². The first kappa shape index (κ1) is 20.3. The number of carbonyl (C=O) groups excluding carboxylic acids is 2. The van der Waals surface area contributed by atoms with E-state index < -0.39 is 0 Å². The second-order valence-electron chi connectivity index (χ2n) is 6.69. The summed E-state index contributed by atoms with van der Waals surface area (Å²) in [5.41, 5.74) is 2.15. The second-order valence-corrected chi connectivity index (χ2v) is 6.69. The largest absolute Gasteiger partial charge is 0.457 e. The fraction of sp³-hybridized carbons (Fsp3) is 0.273. The minimum atomic E-state index is -0.0533. The molecule has 1 heterocycles. The van der Waals surface area contributed by atoms with Crippen LogP contribution < -0.4 is 4.74 Å². The van der Waals surface area contributed by atoms with Gasteiger partial charge in [-0.05, 0) is 51.1 Å². The Morgan fingerprint density at radius 2 is 1.83 bits per heavy atom. The molecule has 0 N–H and O–H groups in total. The maximum Gasteiger partial charge on any atom is 0.257 e. The number of hydrogen-bond donors (Lipinski definition) is 0. The first-order chi connectivity index (χ1) is 13.9. The summed E-state index contributed by atoms with van der Waals surface area (Å²) in [6.07, 6.45) is 0. The molecule has 0 aliphatic carbocycles. The topological polar surface area (TPSA) is 85.5 Å². The molecule has 0 aliphatic heterocycles. The number of ketones is 1. The number of nitrogens with zero attached hydrogens (tertiary/aromatic N) is 3. The monoisotopic (exact) mass is 393 g/mol. The van der Waals surface area contributed by atoms with Gasteiger partial charge in [-0.1, -0.05) is 17.3 Å². The Kier molecular flexibility index (Phi) is 6.07. The van der Waals surface area contributed by atoms with Gasteiger partial charge in [0.05, 0.1) is 0 Å². The van der Waals surface area contributed by atoms with Gasteiger partial charge in [0.2, 0.25) is 5.91 Å². The smallest absolute Gasteiger partial charge is 0.257 e. The standard InChI is InChI=1S/C22H23N3O4/c1-5-25(16(4)27)13-19-7-6-18(14(2)26)12-21(19)28-20-10-8-17(9-11-20)22-23-15(3)24-29-22/h6-12H,5,13H2,1-4H3. The van der Waals surface area contributed by atoms with Crippen molar-refractivity contribution in [3.63, 3.8) is 0 Å². The lowest BCUT2D eigenvalue weighted by Gasteiger charge is -2.21. The van der Waals surface area contributed by atoms with Crippen LogP contribution in [0.1, 0.15) is 42.5 Å². The summed E-state index contributed by atoms with van der Waals surface area (Å²) in [7, 11) is 0. The molecule has 7 nitrogen and oxygen atoms in total. The van der Waals surface area contributed by atoms with Crippen molar-refractivity contribution in [1.82, 2.24) is 15.0 Å². The highest BCUT2D eigenvalue weighted by molar-refractivity contribution is 5.94. The first-order valence-electron chi connectivity index (χ1n) is 9.35. The number of carbonyl (C=O) groups is 2. The van der Waals surface area contributed by atoms with E-state index in [1.165, 1.54) is 13.8 Å². The number of Topliss-reactive ketones (excluding diaryl/α,β-unsaturated/α-hetero) is 1. The Balaban J connectivity index is 1.88. The van der Waals surface area contributed by atoms with Crippen LogP contribution in [0.4, 0.5) is 0 Å². The molecule has 0 unspecified atom stereocenters. The summed E-state index contributed by atoms with van der Waals surface area (Å²) in [6, 6.07) is 12.5. The van der Waals surface area contributed by atoms with Crippen LogP contribution >= 0.6 is 0 Å². The molecule has 1 amide bonds. The number of aromatic nitrogens is 2. The normalized spacial score (nSPS) is 10.6. The van der Waals surface area contributed by atoms with Crippen LogP contribution in [0.25, 0.3) is 11.5 Å². The zero-order chi connectivity index (χ0) is 21.0. The Hall–Kier alpha value is -3.48. The molecule has 1 aromatic heterocycles. The van der Waals surface area contributed by atoms with E-state index in [0.29, 0.717) is 41.9 Å². The predicted octanol–water partition coefficient (Wildman–Crippen LogP) is 4.41. The number of benzene rings is 2. The molecule has 0 aliphatic rings. The highest BCUT2D eigenvalue weighted by Gasteiger charge is 2.14. The van der Waals surface area contributed by atoms with Crippen molar-refractivity contribution >= 4 is 11.7 Å². The Labute approximate surface area is 169 Å². The lowest BCUT2D eigenvalue weighted by Crippen LogP contribution is -2.27. The Morgan fingerprint density at radius 1 is 1.10 bits per heavy atom. The molecule has 0 saturated carbocycles. The summed E-state index contributed by atoms with van der Waals surface area (Å²) in [5.74, 6) is 2.07. The van der Waals surface area contributed by atoms with Gasteiger partial charge in [-0.25, -0.2) is 0 Å². The van der Waals surface area contributed by atoms with Gasteiger partial charge in [-0.3, -0.25) is 9.59 Å². The molecular formula is C22H23N3O4. The third kappa shape index (κ3) is 4.87. The zero-order valence-electron chi connectivity index (χ0n) is 16.9. The van der Waals surface area contributed by atoms with E-state index in [1.54, 1.807) is 36.1 Å². The third-order valence-corrected chi connectivity index (χ3v) is 4.52. The van der Waals surface area contributed by atoms with E-state index in [9.17, 15) is 9.59 Å². The van der Waals surface area contributed by atoms with Crippen molar-refractivity contribution in [1.29, 1.82) is 0 Å². The molecular weight excluding hydrogens is 370 g/mol. The van der Waals surface area contributed by atoms with E-state index >= 15 is 0 Å². The fourth-order valence-electron chi connectivity index (χ4n) is 2.86. The molecule has 0 fully saturated rings. The maximum atomic E-state index is 11.8. The summed E-state index contributed by atoms with van der Waals surface area (Å²) in [4.78, 5) is 29.5. The van der Waals surface area contributed by atoms with E-state index in [2.05, 4.69) is 10.1 Å². The van der Waals surface area contributed by atoms with Crippen LogP contribution in [0.5, 0.6) is 11.5 Å². The molecule has 0 bridgehead atoms. The SMILES string of the molecule is CCN(Cc1ccc(C(C)=O)cc1Oc1ccc(-c2nc(C)no2)cc1)C(C)=O. The van der Waals surface area contributed by atoms with Crippen LogP contribution in [-0.4, -0.2) is 33.3 Å². The fourth-order valence-corrected chi connectivity index (χ4v) is 2.86. The molecule has 7 heteroatoms. The van der Waals surface area contributed by atoms with E-state index in [-0.39, 0.29) is 11.7 Å². The minimum absolute atomic E-state index is 0.0201. The van der Waals surface area contributed by atoms with Gasteiger partial charge in [0.25, 0.3) is 5.89 Å². The molecule has 29 heavy (non-hydrogen) atoms. The van der Waals surface area contributed by atoms with Gasteiger partial charge in [0.1, 0.15) is 11.5 Å². The van der Waals surface area contributed by atoms with Crippen molar-refractivity contribution in [3.05, 3.63) is 59.4 Å². The van der Waals surface area contributed by atoms with Gasteiger partial charge in [0.15, 0.2) is 11.6 Å². The van der Waals surface area contributed by atoms with Crippen LogP contribution in [-0.2, 0) is 11.3 Å². The van der Waals surface area contributed by atoms with Crippen molar-refractivity contribution in [2.45, 2.75) is 34.2 Å². The van der Waals surface area contributed by atoms with Crippen molar-refractivity contribution in [2.24, 2.45) is 0 Å². The van der Waals surface area contributed by atoms with Crippen LogP contribution in [0.15, 0.2) is 47.0 Å². The van der Waals surface area contributed by atoms with Crippen molar-refractivity contribution in [3.8, 4) is 23.0 Å². The summed E-state index contributed by atoms with van der Waals surface area (Å²) in [5, 5.41) is 3.79. The summed E-state index contributed by atoms with van der Waals surface area (Å²) >= 11 is 0. The van der Waals surface area contributed by atoms with E-state index in [4.69, 9.17) is 9.26 Å². The Morgan fingerprint density at radius 3 is 2.38 bits per heavy atom. The number of hydrogen-bond acceptors (Lipinski definition) is 6. The van der Waals surface area contributed by atoms with Gasteiger partial charge < -0.3 is 14.2 Å². The third-order valence-electron chi connectivity index (χ3n) is 4.52. The summed E-state index contributed by atoms with van der Waals surface area (Å²) < 4.78 is 11.2. The lowest BCUT2D eigenvalue weighted by molar-refractivity contribution is -0.129. The van der Waals surface area contributed by atoms with E-state index in [1.807, 2.05) is 25.1 Å². The highest BCUT2D eigenvalue weighted by atomic mass is 16.5. The molecule has 150 valence electrons. The molecule has 0 atom stereocenters. The van der Waals surface area contributed by atoms with Crippen molar-refractivity contribution in [2.75, 3.05) is 6.54 Å². The summed E-state index contributed by atoms with van der Waals surface area (Å²) in [6.45, 7) is 7.71. The van der Waals surface area contributed by atoms with Gasteiger partial charge in [-0.2, -0.15) is 4.98 Å².